The molecule has 2 unspecified atom stereocenters. The Labute approximate surface area is 129 Å². The molecule has 0 aliphatic carbocycles. The number of para-hydroxylation sites is 2. The highest BCUT2D eigenvalue weighted by molar-refractivity contribution is 5.40. The Hall–Kier alpha value is -1.22. The van der Waals surface area contributed by atoms with Crippen molar-refractivity contribution in [2.75, 3.05) is 13.2 Å². The molecule has 0 amide bonds. The first-order valence-corrected chi connectivity index (χ1v) is 8.47. The Morgan fingerprint density at radius 3 is 2.67 bits per heavy atom. The van der Waals surface area contributed by atoms with Crippen LogP contribution in [0.25, 0.3) is 0 Å². The molecular formula is C18H29NO2. The molecule has 0 fully saturated rings. The van der Waals surface area contributed by atoms with Crippen molar-refractivity contribution in [2.24, 2.45) is 0 Å². The zero-order valence-electron chi connectivity index (χ0n) is 13.4. The van der Waals surface area contributed by atoms with Gasteiger partial charge < -0.3 is 14.8 Å². The van der Waals surface area contributed by atoms with Crippen LogP contribution in [0.5, 0.6) is 11.5 Å². The zero-order valence-corrected chi connectivity index (χ0v) is 13.4. The van der Waals surface area contributed by atoms with Crippen molar-refractivity contribution in [3.8, 4) is 11.5 Å². The summed E-state index contributed by atoms with van der Waals surface area (Å²) in [6, 6.07) is 8.34. The second-order valence-electron chi connectivity index (χ2n) is 5.82. The fraction of sp³-hybridized carbons (Fsp3) is 0.667. The molecule has 2 rings (SSSR count). The number of rotatable bonds is 9. The maximum Gasteiger partial charge on any atom is 0.161 e. The Balaban J connectivity index is 1.90. The van der Waals surface area contributed by atoms with E-state index in [0.29, 0.717) is 12.6 Å². The third kappa shape index (κ3) is 4.92. The van der Waals surface area contributed by atoms with Crippen molar-refractivity contribution in [1.29, 1.82) is 0 Å². The molecule has 1 aliphatic heterocycles. The van der Waals surface area contributed by atoms with Crippen molar-refractivity contribution < 1.29 is 9.47 Å². The predicted molar refractivity (Wildman–Crippen MR) is 87.2 cm³/mol. The molecule has 3 nitrogen and oxygen atoms in total. The van der Waals surface area contributed by atoms with Gasteiger partial charge in [-0.2, -0.15) is 0 Å². The number of hydrogen-bond donors (Lipinski definition) is 1. The van der Waals surface area contributed by atoms with Gasteiger partial charge in [0.1, 0.15) is 12.7 Å². The third-order valence-electron chi connectivity index (χ3n) is 4.00. The highest BCUT2D eigenvalue weighted by Gasteiger charge is 2.28. The van der Waals surface area contributed by atoms with Crippen LogP contribution in [0.3, 0.4) is 0 Å². The first kappa shape index (κ1) is 16.2. The maximum atomic E-state index is 6.16. The molecular weight excluding hydrogens is 262 g/mol. The molecule has 0 saturated carbocycles. The van der Waals surface area contributed by atoms with Crippen LogP contribution in [-0.2, 0) is 0 Å². The maximum absolute atomic E-state index is 6.16. The highest BCUT2D eigenvalue weighted by Crippen LogP contribution is 2.32. The summed E-state index contributed by atoms with van der Waals surface area (Å²) >= 11 is 0. The van der Waals surface area contributed by atoms with E-state index >= 15 is 0 Å². The molecule has 2 atom stereocenters. The van der Waals surface area contributed by atoms with Crippen molar-refractivity contribution in [1.82, 2.24) is 5.32 Å². The summed E-state index contributed by atoms with van der Waals surface area (Å²) in [5.74, 6) is 1.75. The summed E-state index contributed by atoms with van der Waals surface area (Å²) in [4.78, 5) is 0. The number of hydrogen-bond acceptors (Lipinski definition) is 3. The van der Waals surface area contributed by atoms with Gasteiger partial charge in [-0.25, -0.2) is 0 Å². The van der Waals surface area contributed by atoms with Crippen LogP contribution in [-0.4, -0.2) is 25.3 Å². The minimum atomic E-state index is 0.119. The molecule has 0 bridgehead atoms. The summed E-state index contributed by atoms with van der Waals surface area (Å²) < 4.78 is 12.0. The summed E-state index contributed by atoms with van der Waals surface area (Å²) in [5.41, 5.74) is 0. The van der Waals surface area contributed by atoms with Gasteiger partial charge in [-0.15, -0.1) is 0 Å². The van der Waals surface area contributed by atoms with E-state index in [1.807, 2.05) is 24.3 Å². The van der Waals surface area contributed by atoms with E-state index in [2.05, 4.69) is 19.2 Å². The molecule has 21 heavy (non-hydrogen) atoms. The second-order valence-corrected chi connectivity index (χ2v) is 5.82. The molecule has 1 N–H and O–H groups in total. The summed E-state index contributed by atoms with van der Waals surface area (Å²) in [6.07, 6.45) is 7.61. The van der Waals surface area contributed by atoms with Gasteiger partial charge in [-0.05, 0) is 31.5 Å². The fourth-order valence-corrected chi connectivity index (χ4v) is 2.77. The molecule has 1 aliphatic rings. The van der Waals surface area contributed by atoms with E-state index in [9.17, 15) is 0 Å². The highest BCUT2D eigenvalue weighted by atomic mass is 16.6. The van der Waals surface area contributed by atoms with Gasteiger partial charge in [0.05, 0.1) is 0 Å². The largest absolute Gasteiger partial charge is 0.486 e. The number of ether oxygens (including phenoxy) is 2. The lowest BCUT2D eigenvalue weighted by molar-refractivity contribution is 0.0587. The van der Waals surface area contributed by atoms with Crippen LogP contribution < -0.4 is 14.8 Å². The quantitative estimate of drug-likeness (QED) is 0.693. The number of fused-ring (bicyclic) bond motifs is 1. The molecule has 0 spiro atoms. The van der Waals surface area contributed by atoms with E-state index < -0.39 is 0 Å². The molecule has 1 aromatic rings. The van der Waals surface area contributed by atoms with Gasteiger partial charge in [0.15, 0.2) is 11.5 Å². The molecule has 3 heteroatoms. The van der Waals surface area contributed by atoms with Crippen molar-refractivity contribution in [3.05, 3.63) is 24.3 Å². The fourth-order valence-electron chi connectivity index (χ4n) is 2.77. The van der Waals surface area contributed by atoms with Crippen LogP contribution >= 0.6 is 0 Å². The molecule has 1 heterocycles. The topological polar surface area (TPSA) is 30.5 Å². The minimum absolute atomic E-state index is 0.119. The lowest BCUT2D eigenvalue weighted by Gasteiger charge is -2.33. The second kappa shape index (κ2) is 8.93. The third-order valence-corrected chi connectivity index (χ3v) is 4.00. The minimum Gasteiger partial charge on any atom is -0.486 e. The SMILES string of the molecule is CCCCCCC(NCCC)C1COc2ccccc2O1. The lowest BCUT2D eigenvalue weighted by atomic mass is 10.0. The molecule has 1 aromatic carbocycles. The summed E-state index contributed by atoms with van der Waals surface area (Å²) in [5, 5.41) is 3.64. The van der Waals surface area contributed by atoms with Crippen LogP contribution in [0.2, 0.25) is 0 Å². The van der Waals surface area contributed by atoms with E-state index in [4.69, 9.17) is 9.47 Å². The van der Waals surface area contributed by atoms with Crippen LogP contribution in [0, 0.1) is 0 Å². The van der Waals surface area contributed by atoms with Crippen LogP contribution in [0.15, 0.2) is 24.3 Å². The van der Waals surface area contributed by atoms with E-state index in [1.54, 1.807) is 0 Å². The molecule has 0 aromatic heterocycles. The average molecular weight is 291 g/mol. The van der Waals surface area contributed by atoms with Gasteiger partial charge in [-0.3, -0.25) is 0 Å². The first-order chi connectivity index (χ1) is 10.3. The monoisotopic (exact) mass is 291 g/mol. The summed E-state index contributed by atoms with van der Waals surface area (Å²) in [6.45, 7) is 6.14. The van der Waals surface area contributed by atoms with Gasteiger partial charge >= 0.3 is 0 Å². The van der Waals surface area contributed by atoms with Crippen molar-refractivity contribution in [2.45, 2.75) is 64.5 Å². The van der Waals surface area contributed by atoms with E-state index in [1.165, 1.54) is 25.7 Å². The van der Waals surface area contributed by atoms with Gasteiger partial charge in [0.2, 0.25) is 0 Å². The standard InChI is InChI=1S/C18H29NO2/c1-3-5-6-7-10-15(19-13-4-2)18-14-20-16-11-8-9-12-17(16)21-18/h8-9,11-12,15,18-19H,3-7,10,13-14H2,1-2H3. The first-order valence-electron chi connectivity index (χ1n) is 8.47. The van der Waals surface area contributed by atoms with E-state index in [-0.39, 0.29) is 6.10 Å². The normalized spacial score (nSPS) is 18.5. The predicted octanol–water partition coefficient (Wildman–Crippen LogP) is 4.17. The number of nitrogens with one attached hydrogen (secondary N) is 1. The lowest BCUT2D eigenvalue weighted by Crippen LogP contribution is -2.48. The Bertz CT molecular complexity index is 408. The average Bonchev–Trinajstić information content (AvgIpc) is 2.54. The summed E-state index contributed by atoms with van der Waals surface area (Å²) in [7, 11) is 0. The van der Waals surface area contributed by atoms with Crippen LogP contribution in [0.1, 0.15) is 52.4 Å². The number of benzene rings is 1. The zero-order chi connectivity index (χ0) is 14.9. The molecule has 0 saturated heterocycles. The van der Waals surface area contributed by atoms with Crippen LogP contribution in [0.4, 0.5) is 0 Å². The van der Waals surface area contributed by atoms with Crippen molar-refractivity contribution >= 4 is 0 Å². The Kier molecular flexibility index (Phi) is 6.87. The smallest absolute Gasteiger partial charge is 0.161 e. The molecule has 118 valence electrons. The van der Waals surface area contributed by atoms with Crippen molar-refractivity contribution in [3.63, 3.8) is 0 Å². The Morgan fingerprint density at radius 2 is 1.90 bits per heavy atom. The Morgan fingerprint density at radius 1 is 1.10 bits per heavy atom. The number of unbranched alkanes of at least 4 members (excludes halogenated alkanes) is 3. The van der Waals surface area contributed by atoms with Gasteiger partial charge in [0.25, 0.3) is 0 Å². The van der Waals surface area contributed by atoms with Gasteiger partial charge in [-0.1, -0.05) is 51.7 Å². The van der Waals surface area contributed by atoms with Gasteiger partial charge in [0, 0.05) is 6.04 Å². The molecule has 0 radical (unpaired) electrons. The van der Waals surface area contributed by atoms with E-state index in [0.717, 1.165) is 30.9 Å².